The maximum absolute atomic E-state index is 5.38. The van der Waals surface area contributed by atoms with Gasteiger partial charge in [-0.2, -0.15) is 0 Å². The van der Waals surface area contributed by atoms with Crippen molar-refractivity contribution in [1.82, 2.24) is 9.59 Å². The molecule has 6 heteroatoms. The van der Waals surface area contributed by atoms with E-state index in [0.717, 1.165) is 23.7 Å². The molecule has 1 aromatic rings. The van der Waals surface area contributed by atoms with Gasteiger partial charge < -0.3 is 14.8 Å². The number of aromatic nitrogens is 2. The number of methoxy groups -OCH3 is 1. The van der Waals surface area contributed by atoms with Crippen molar-refractivity contribution in [1.29, 1.82) is 0 Å². The van der Waals surface area contributed by atoms with Crippen LogP contribution in [0.4, 0.5) is 5.00 Å². The van der Waals surface area contributed by atoms with Crippen LogP contribution in [0.15, 0.2) is 0 Å². The van der Waals surface area contributed by atoms with Gasteiger partial charge in [0.15, 0.2) is 0 Å². The third kappa shape index (κ3) is 4.55. The minimum Gasteiger partial charge on any atom is -0.382 e. The predicted octanol–water partition coefficient (Wildman–Crippen LogP) is 1.52. The summed E-state index contributed by atoms with van der Waals surface area (Å²) in [5.41, 5.74) is 0.879. The highest BCUT2D eigenvalue weighted by Crippen LogP contribution is 2.18. The van der Waals surface area contributed by atoms with E-state index in [9.17, 15) is 0 Å². The Morgan fingerprint density at radius 2 is 2.27 bits per heavy atom. The van der Waals surface area contributed by atoms with Gasteiger partial charge in [-0.25, -0.2) is 0 Å². The largest absolute Gasteiger partial charge is 0.382 e. The van der Waals surface area contributed by atoms with E-state index in [1.165, 1.54) is 11.5 Å². The highest BCUT2D eigenvalue weighted by Gasteiger charge is 2.06. The van der Waals surface area contributed by atoms with Crippen LogP contribution < -0.4 is 5.32 Å². The van der Waals surface area contributed by atoms with Crippen molar-refractivity contribution in [3.8, 4) is 0 Å². The first-order chi connectivity index (χ1) is 7.38. The first-order valence-corrected chi connectivity index (χ1v) is 5.77. The molecule has 5 nitrogen and oxygen atoms in total. The monoisotopic (exact) mass is 231 g/mol. The summed E-state index contributed by atoms with van der Waals surface area (Å²) in [4.78, 5) is 0. The molecule has 0 aliphatic rings. The van der Waals surface area contributed by atoms with E-state index in [2.05, 4.69) is 21.8 Å². The zero-order valence-corrected chi connectivity index (χ0v) is 9.97. The van der Waals surface area contributed by atoms with Crippen LogP contribution in [0.25, 0.3) is 0 Å². The zero-order valence-electron chi connectivity index (χ0n) is 9.15. The van der Waals surface area contributed by atoms with E-state index in [1.807, 2.05) is 0 Å². The Morgan fingerprint density at radius 1 is 1.40 bits per heavy atom. The zero-order chi connectivity index (χ0) is 10.9. The molecule has 1 rings (SSSR count). The van der Waals surface area contributed by atoms with Crippen LogP contribution in [-0.2, 0) is 16.1 Å². The van der Waals surface area contributed by atoms with Crippen molar-refractivity contribution in [2.45, 2.75) is 20.0 Å². The Kier molecular flexibility index (Phi) is 6.22. The Bertz CT molecular complexity index is 268. The fourth-order valence-electron chi connectivity index (χ4n) is 0.987. The number of hydrogen-bond donors (Lipinski definition) is 1. The van der Waals surface area contributed by atoms with Crippen molar-refractivity contribution in [3.63, 3.8) is 0 Å². The third-order valence-corrected chi connectivity index (χ3v) is 2.49. The number of nitrogens with zero attached hydrogens (tertiary/aromatic N) is 2. The van der Waals surface area contributed by atoms with Gasteiger partial charge in [0.1, 0.15) is 10.7 Å². The van der Waals surface area contributed by atoms with Gasteiger partial charge >= 0.3 is 0 Å². The Hall–Kier alpha value is -0.720. The third-order valence-electron chi connectivity index (χ3n) is 1.76. The highest BCUT2D eigenvalue weighted by atomic mass is 32.1. The second kappa shape index (κ2) is 7.56. The normalized spacial score (nSPS) is 10.5. The predicted molar refractivity (Wildman–Crippen MR) is 60.2 cm³/mol. The smallest absolute Gasteiger partial charge is 0.135 e. The summed E-state index contributed by atoms with van der Waals surface area (Å²) in [6.07, 6.45) is 1.09. The Labute approximate surface area is 94.0 Å². The Morgan fingerprint density at radius 3 is 3.00 bits per heavy atom. The van der Waals surface area contributed by atoms with Crippen LogP contribution in [0, 0.1) is 0 Å². The van der Waals surface area contributed by atoms with Crippen LogP contribution in [0.1, 0.15) is 19.0 Å². The topological polar surface area (TPSA) is 56.3 Å². The molecule has 0 saturated heterocycles. The number of anilines is 1. The van der Waals surface area contributed by atoms with E-state index >= 15 is 0 Å². The van der Waals surface area contributed by atoms with Gasteiger partial charge in [-0.3, -0.25) is 0 Å². The van der Waals surface area contributed by atoms with Crippen molar-refractivity contribution < 1.29 is 9.47 Å². The molecular formula is C9H17N3O2S. The molecule has 0 saturated carbocycles. The standard InChI is InChI=1S/C9H17N3O2S/c1-3-4-10-9-8(11-12-15-9)7-14-6-5-13-2/h10H,3-7H2,1-2H3. The molecule has 0 fully saturated rings. The van der Waals surface area contributed by atoms with Gasteiger partial charge in [0.2, 0.25) is 0 Å². The van der Waals surface area contributed by atoms with Gasteiger partial charge in [0.25, 0.3) is 0 Å². The minimum absolute atomic E-state index is 0.492. The van der Waals surface area contributed by atoms with E-state index in [-0.39, 0.29) is 0 Å². The summed E-state index contributed by atoms with van der Waals surface area (Å²) < 4.78 is 14.2. The van der Waals surface area contributed by atoms with Crippen molar-refractivity contribution >= 4 is 16.5 Å². The van der Waals surface area contributed by atoms with E-state index in [1.54, 1.807) is 7.11 Å². The summed E-state index contributed by atoms with van der Waals surface area (Å²) in [5.74, 6) is 0. The van der Waals surface area contributed by atoms with E-state index in [4.69, 9.17) is 9.47 Å². The maximum Gasteiger partial charge on any atom is 0.135 e. The van der Waals surface area contributed by atoms with Crippen molar-refractivity contribution in [2.24, 2.45) is 0 Å². The lowest BCUT2D eigenvalue weighted by atomic mass is 10.4. The summed E-state index contributed by atoms with van der Waals surface area (Å²) in [5, 5.41) is 8.28. The van der Waals surface area contributed by atoms with Crippen LogP contribution >= 0.6 is 11.5 Å². The average Bonchev–Trinajstić information content (AvgIpc) is 2.69. The number of rotatable bonds is 8. The minimum atomic E-state index is 0.492. The molecule has 0 radical (unpaired) electrons. The first kappa shape index (κ1) is 12.4. The highest BCUT2D eigenvalue weighted by molar-refractivity contribution is 7.10. The van der Waals surface area contributed by atoms with Gasteiger partial charge in [-0.15, -0.1) is 5.10 Å². The number of nitrogens with one attached hydrogen (secondary N) is 1. The first-order valence-electron chi connectivity index (χ1n) is 5.00. The molecule has 0 atom stereocenters. The quantitative estimate of drug-likeness (QED) is 0.687. The van der Waals surface area contributed by atoms with Gasteiger partial charge in [0, 0.05) is 25.2 Å². The van der Waals surface area contributed by atoms with Gasteiger partial charge in [-0.1, -0.05) is 11.4 Å². The molecule has 0 unspecified atom stereocenters. The van der Waals surface area contributed by atoms with Crippen LogP contribution in [0.3, 0.4) is 0 Å². The van der Waals surface area contributed by atoms with Crippen LogP contribution in [-0.4, -0.2) is 36.5 Å². The molecule has 0 bridgehead atoms. The molecule has 0 aromatic carbocycles. The molecule has 1 heterocycles. The molecule has 15 heavy (non-hydrogen) atoms. The van der Waals surface area contributed by atoms with Gasteiger partial charge in [-0.05, 0) is 6.42 Å². The lowest BCUT2D eigenvalue weighted by Gasteiger charge is -2.04. The van der Waals surface area contributed by atoms with Crippen LogP contribution in [0.5, 0.6) is 0 Å². The SMILES string of the molecule is CCCNc1snnc1COCCOC. The molecule has 1 N–H and O–H groups in total. The molecule has 1 aromatic heterocycles. The molecule has 0 aliphatic carbocycles. The molecular weight excluding hydrogens is 214 g/mol. The second-order valence-corrected chi connectivity index (χ2v) is 3.78. The molecule has 0 spiro atoms. The number of hydrogen-bond acceptors (Lipinski definition) is 6. The summed E-state index contributed by atoms with van der Waals surface area (Å²) in [6.45, 7) is 4.74. The fraction of sp³-hybridized carbons (Fsp3) is 0.778. The van der Waals surface area contributed by atoms with E-state index in [0.29, 0.717) is 19.8 Å². The van der Waals surface area contributed by atoms with Crippen molar-refractivity contribution in [3.05, 3.63) is 5.69 Å². The maximum atomic E-state index is 5.38. The Balaban J connectivity index is 2.29. The summed E-state index contributed by atoms with van der Waals surface area (Å²) in [7, 11) is 1.65. The lowest BCUT2D eigenvalue weighted by molar-refractivity contribution is 0.0604. The van der Waals surface area contributed by atoms with Crippen LogP contribution in [0.2, 0.25) is 0 Å². The van der Waals surface area contributed by atoms with Crippen molar-refractivity contribution in [2.75, 3.05) is 32.2 Å². The van der Waals surface area contributed by atoms with E-state index < -0.39 is 0 Å². The fourth-order valence-corrected chi connectivity index (χ4v) is 1.58. The number of ether oxygens (including phenoxy) is 2. The molecule has 86 valence electrons. The average molecular weight is 231 g/mol. The molecule has 0 amide bonds. The lowest BCUT2D eigenvalue weighted by Crippen LogP contribution is -2.05. The summed E-state index contributed by atoms with van der Waals surface area (Å²) >= 11 is 1.37. The van der Waals surface area contributed by atoms with Gasteiger partial charge in [0.05, 0.1) is 19.8 Å². The summed E-state index contributed by atoms with van der Waals surface area (Å²) in [6, 6.07) is 0. The molecule has 0 aliphatic heterocycles. The second-order valence-electron chi connectivity index (χ2n) is 3.02.